The number of hydrogen-bond donors (Lipinski definition) is 12. The lowest BCUT2D eigenvalue weighted by Gasteiger charge is -2.48. The average molecular weight is 1370 g/mol. The Kier molecular flexibility index (Phi) is 53.4. The third-order valence-electron chi connectivity index (χ3n) is 19.3. The summed E-state index contributed by atoms with van der Waals surface area (Å²) in [6.45, 7) is 1.74. The Labute approximate surface area is 580 Å². The number of nitrogens with one attached hydrogen (secondary N) is 1. The molecular formula is C77H141NO18. The van der Waals surface area contributed by atoms with E-state index < -0.39 is 124 Å². The molecule has 12 N–H and O–H groups in total. The van der Waals surface area contributed by atoms with E-state index in [1.807, 2.05) is 6.08 Å². The van der Waals surface area contributed by atoms with Gasteiger partial charge in [-0.1, -0.05) is 274 Å². The van der Waals surface area contributed by atoms with Crippen LogP contribution in [-0.2, 0) is 33.2 Å². The Bertz CT molecular complexity index is 1930. The maximum absolute atomic E-state index is 13.4. The van der Waals surface area contributed by atoms with Crippen molar-refractivity contribution in [2.45, 2.75) is 407 Å². The number of unbranched alkanes of at least 4 members (excludes halogenated alkanes) is 39. The smallest absolute Gasteiger partial charge is 0.220 e. The molecule has 0 spiro atoms. The van der Waals surface area contributed by atoms with Crippen LogP contribution in [0.3, 0.4) is 0 Å². The zero-order chi connectivity index (χ0) is 69.6. The third kappa shape index (κ3) is 38.7. The SMILES string of the molecule is CCCCCCCCCC/C=C\CCCCCCCCCCCC(=O)NC(COC1OC(CO)C(OC2OC(CO)C(OC3OC(CO)C(O)C(O)C3O)C(O)C2O)C(O)C1O)C(O)/C=C/CC/C=C/CC/C=C/CCCCCCCCCCCCCCCCCCCCCC. The molecule has 3 aliphatic heterocycles. The maximum Gasteiger partial charge on any atom is 0.220 e. The normalized spacial score (nSPS) is 27.3. The van der Waals surface area contributed by atoms with Crippen LogP contribution in [-0.4, -0.2) is 193 Å². The van der Waals surface area contributed by atoms with E-state index >= 15 is 0 Å². The van der Waals surface area contributed by atoms with Gasteiger partial charge in [0, 0.05) is 6.42 Å². The van der Waals surface area contributed by atoms with Crippen LogP contribution >= 0.6 is 0 Å². The number of aliphatic hydroxyl groups excluding tert-OH is 11. The van der Waals surface area contributed by atoms with Gasteiger partial charge in [-0.3, -0.25) is 4.79 Å². The van der Waals surface area contributed by atoms with Gasteiger partial charge in [-0.25, -0.2) is 0 Å². The van der Waals surface area contributed by atoms with Crippen LogP contribution < -0.4 is 5.32 Å². The summed E-state index contributed by atoms with van der Waals surface area (Å²) in [5.41, 5.74) is 0. The highest BCUT2D eigenvalue weighted by Gasteiger charge is 2.53. The number of carbonyl (C=O) groups is 1. The van der Waals surface area contributed by atoms with Crippen molar-refractivity contribution in [3.63, 3.8) is 0 Å². The highest BCUT2D eigenvalue weighted by Crippen LogP contribution is 2.33. The summed E-state index contributed by atoms with van der Waals surface area (Å²) < 4.78 is 34.4. The predicted molar refractivity (Wildman–Crippen MR) is 379 cm³/mol. The van der Waals surface area contributed by atoms with Gasteiger partial charge in [0.05, 0.1) is 38.6 Å². The van der Waals surface area contributed by atoms with Gasteiger partial charge in [-0.05, 0) is 70.6 Å². The molecule has 0 aliphatic carbocycles. The average Bonchev–Trinajstić information content (AvgIpc) is 0.785. The van der Waals surface area contributed by atoms with Gasteiger partial charge in [-0.15, -0.1) is 0 Å². The van der Waals surface area contributed by atoms with Gasteiger partial charge in [-0.2, -0.15) is 0 Å². The molecule has 1 amide bonds. The molecule has 0 bridgehead atoms. The first kappa shape index (κ1) is 88.0. The van der Waals surface area contributed by atoms with Crippen molar-refractivity contribution in [2.24, 2.45) is 0 Å². The van der Waals surface area contributed by atoms with Crippen LogP contribution in [0, 0.1) is 0 Å². The molecule has 562 valence electrons. The van der Waals surface area contributed by atoms with E-state index in [4.69, 9.17) is 28.4 Å². The molecule has 3 aliphatic rings. The monoisotopic (exact) mass is 1370 g/mol. The number of rotatable bonds is 61. The van der Waals surface area contributed by atoms with E-state index in [0.29, 0.717) is 12.8 Å². The minimum atomic E-state index is -1.98. The zero-order valence-electron chi connectivity index (χ0n) is 59.9. The molecule has 17 unspecified atom stereocenters. The lowest BCUT2D eigenvalue weighted by atomic mass is 9.96. The molecule has 3 rings (SSSR count). The van der Waals surface area contributed by atoms with E-state index in [-0.39, 0.29) is 18.9 Å². The number of amides is 1. The Morgan fingerprint density at radius 2 is 0.667 bits per heavy atom. The first-order valence-electron chi connectivity index (χ1n) is 38.9. The van der Waals surface area contributed by atoms with E-state index in [1.54, 1.807) is 6.08 Å². The summed E-state index contributed by atoms with van der Waals surface area (Å²) in [7, 11) is 0. The van der Waals surface area contributed by atoms with Crippen molar-refractivity contribution in [3.05, 3.63) is 48.6 Å². The molecule has 19 nitrogen and oxygen atoms in total. The molecule has 19 heteroatoms. The Balaban J connectivity index is 1.41. The standard InChI is InChI=1S/C77H141NO18/c1-3-5-7-9-11-13-15-17-19-21-23-25-26-27-28-29-30-31-32-33-35-36-38-40-42-44-46-48-50-52-54-61(82)60(78-65(83)55-53-51-49-47-45-43-41-39-37-34-24-22-20-18-16-14-12-10-8-6-4-2)59-91-75-71(89)68(86)73(63(57-80)93-75)96-77-72(90)69(87)74(64(58-81)94-77)95-76-70(88)67(85)66(84)62(56-79)92-76/h22,24,36,38,44,46,52,54,60-64,66-77,79-82,84-90H,3-21,23,25-35,37,39-43,45,47-51,53,55-59H2,1-2H3,(H,78,83)/b24-22-,38-36+,46-44+,54-52+. The Morgan fingerprint density at radius 3 is 1.04 bits per heavy atom. The number of ether oxygens (including phenoxy) is 6. The molecule has 3 fully saturated rings. The van der Waals surface area contributed by atoms with Crippen LogP contribution in [0.4, 0.5) is 0 Å². The van der Waals surface area contributed by atoms with Crippen molar-refractivity contribution >= 4 is 5.91 Å². The van der Waals surface area contributed by atoms with E-state index in [9.17, 15) is 61.0 Å². The quantitative estimate of drug-likeness (QED) is 0.0199. The molecule has 17 atom stereocenters. The van der Waals surface area contributed by atoms with Gasteiger partial charge < -0.3 is 89.9 Å². The van der Waals surface area contributed by atoms with Gasteiger partial charge >= 0.3 is 0 Å². The van der Waals surface area contributed by atoms with E-state index in [2.05, 4.69) is 55.6 Å². The summed E-state index contributed by atoms with van der Waals surface area (Å²) in [5.74, 6) is -0.289. The second kappa shape index (κ2) is 58.3. The van der Waals surface area contributed by atoms with Crippen molar-refractivity contribution in [1.29, 1.82) is 0 Å². The fraction of sp³-hybridized carbons (Fsp3) is 0.883. The topological polar surface area (TPSA) is 307 Å². The molecule has 0 aromatic heterocycles. The van der Waals surface area contributed by atoms with Crippen LogP contribution in [0.5, 0.6) is 0 Å². The second-order valence-corrected chi connectivity index (χ2v) is 27.8. The molecule has 0 radical (unpaired) electrons. The Hall–Kier alpha value is -2.25. The lowest BCUT2D eigenvalue weighted by Crippen LogP contribution is -2.66. The summed E-state index contributed by atoms with van der Waals surface area (Å²) >= 11 is 0. The fourth-order valence-electron chi connectivity index (χ4n) is 13.0. The van der Waals surface area contributed by atoms with E-state index in [0.717, 1.165) is 57.8 Å². The summed E-state index contributed by atoms with van der Waals surface area (Å²) in [6, 6.07) is -1.000. The molecule has 3 heterocycles. The highest BCUT2D eigenvalue weighted by atomic mass is 16.8. The fourth-order valence-corrected chi connectivity index (χ4v) is 13.0. The van der Waals surface area contributed by atoms with Crippen LogP contribution in [0.1, 0.15) is 303 Å². The van der Waals surface area contributed by atoms with Gasteiger partial charge in [0.25, 0.3) is 0 Å². The number of aliphatic hydroxyl groups is 11. The molecule has 3 saturated heterocycles. The minimum absolute atomic E-state index is 0.230. The summed E-state index contributed by atoms with van der Waals surface area (Å²) in [4.78, 5) is 13.4. The predicted octanol–water partition coefficient (Wildman–Crippen LogP) is 12.1. The number of carbonyl (C=O) groups excluding carboxylic acids is 1. The van der Waals surface area contributed by atoms with Gasteiger partial charge in [0.2, 0.25) is 5.91 Å². The van der Waals surface area contributed by atoms with Crippen molar-refractivity contribution in [1.82, 2.24) is 5.32 Å². The highest BCUT2D eigenvalue weighted by molar-refractivity contribution is 5.76. The molecular weight excluding hydrogens is 1230 g/mol. The minimum Gasteiger partial charge on any atom is -0.394 e. The number of hydrogen-bond acceptors (Lipinski definition) is 18. The van der Waals surface area contributed by atoms with Crippen molar-refractivity contribution in [3.8, 4) is 0 Å². The first-order valence-corrected chi connectivity index (χ1v) is 38.9. The first-order chi connectivity index (χ1) is 46.8. The second-order valence-electron chi connectivity index (χ2n) is 27.8. The number of allylic oxidation sites excluding steroid dienone is 7. The van der Waals surface area contributed by atoms with E-state index in [1.165, 1.54) is 212 Å². The van der Waals surface area contributed by atoms with Crippen LogP contribution in [0.25, 0.3) is 0 Å². The molecule has 0 aromatic carbocycles. The van der Waals surface area contributed by atoms with Gasteiger partial charge in [0.15, 0.2) is 18.9 Å². The van der Waals surface area contributed by atoms with Crippen LogP contribution in [0.2, 0.25) is 0 Å². The summed E-state index contributed by atoms with van der Waals surface area (Å²) in [6.07, 6.45) is 45.3. The van der Waals surface area contributed by atoms with Crippen molar-refractivity contribution in [2.75, 3.05) is 26.4 Å². The summed E-state index contributed by atoms with van der Waals surface area (Å²) in [5, 5.41) is 121. The van der Waals surface area contributed by atoms with Gasteiger partial charge in [0.1, 0.15) is 73.2 Å². The Morgan fingerprint density at radius 1 is 0.365 bits per heavy atom. The maximum atomic E-state index is 13.4. The lowest BCUT2D eigenvalue weighted by molar-refractivity contribution is -0.379. The largest absolute Gasteiger partial charge is 0.394 e. The molecule has 96 heavy (non-hydrogen) atoms. The third-order valence-corrected chi connectivity index (χ3v) is 19.3. The molecule has 0 aromatic rings. The van der Waals surface area contributed by atoms with Crippen molar-refractivity contribution < 1.29 is 89.4 Å². The molecule has 0 saturated carbocycles. The van der Waals surface area contributed by atoms with Crippen LogP contribution in [0.15, 0.2) is 48.6 Å². The zero-order valence-corrected chi connectivity index (χ0v) is 59.9.